The van der Waals surface area contributed by atoms with E-state index in [9.17, 15) is 0 Å². The van der Waals surface area contributed by atoms with Crippen molar-refractivity contribution in [3.63, 3.8) is 0 Å². The molecule has 0 atom stereocenters. The molecule has 0 heterocycles. The van der Waals surface area contributed by atoms with Gasteiger partial charge in [0.05, 0.1) is 6.61 Å². The van der Waals surface area contributed by atoms with Gasteiger partial charge in [-0.2, -0.15) is 0 Å². The quantitative estimate of drug-likeness (QED) is 0.580. The molecule has 0 saturated heterocycles. The van der Waals surface area contributed by atoms with Crippen molar-refractivity contribution in [3.05, 3.63) is 53.1 Å². The Morgan fingerprint density at radius 2 is 1.71 bits per heavy atom. The molecular formula is C20H27ClN2O. The van der Waals surface area contributed by atoms with E-state index in [-0.39, 0.29) is 0 Å². The molecule has 2 aromatic rings. The van der Waals surface area contributed by atoms with Crippen LogP contribution in [-0.2, 0) is 0 Å². The van der Waals surface area contributed by atoms with Gasteiger partial charge in [-0.25, -0.2) is 0 Å². The molecular weight excluding hydrogens is 320 g/mol. The lowest BCUT2D eigenvalue weighted by molar-refractivity contribution is 0.289. The van der Waals surface area contributed by atoms with Crippen molar-refractivity contribution in [3.8, 4) is 5.75 Å². The van der Waals surface area contributed by atoms with E-state index in [1.54, 1.807) is 0 Å². The van der Waals surface area contributed by atoms with E-state index in [4.69, 9.17) is 16.3 Å². The lowest BCUT2D eigenvalue weighted by Crippen LogP contribution is -2.14. The molecule has 0 unspecified atom stereocenters. The number of halogens is 1. The monoisotopic (exact) mass is 346 g/mol. The van der Waals surface area contributed by atoms with Gasteiger partial charge in [-0.1, -0.05) is 31.5 Å². The summed E-state index contributed by atoms with van der Waals surface area (Å²) >= 11 is 6.12. The molecule has 0 spiro atoms. The minimum absolute atomic E-state index is 0.668. The Kier molecular flexibility index (Phi) is 7.26. The second kappa shape index (κ2) is 9.43. The van der Waals surface area contributed by atoms with Gasteiger partial charge in [0, 0.05) is 29.5 Å². The van der Waals surface area contributed by atoms with Gasteiger partial charge in [0.15, 0.2) is 0 Å². The summed E-state index contributed by atoms with van der Waals surface area (Å²) in [5.74, 6) is 1.59. The minimum atomic E-state index is 0.668. The van der Waals surface area contributed by atoms with Crippen molar-refractivity contribution in [2.45, 2.75) is 27.2 Å². The van der Waals surface area contributed by atoms with Gasteiger partial charge in [0.25, 0.3) is 0 Å². The second-order valence-corrected chi connectivity index (χ2v) is 6.73. The summed E-state index contributed by atoms with van der Waals surface area (Å²) in [5.41, 5.74) is 3.26. The molecule has 0 aromatic heterocycles. The number of hydrogen-bond donors (Lipinski definition) is 2. The van der Waals surface area contributed by atoms with Crippen LogP contribution < -0.4 is 15.4 Å². The molecule has 0 bridgehead atoms. The van der Waals surface area contributed by atoms with Crippen LogP contribution in [0.1, 0.15) is 25.8 Å². The first-order chi connectivity index (χ1) is 11.6. The topological polar surface area (TPSA) is 33.3 Å². The normalized spacial score (nSPS) is 10.7. The maximum Gasteiger partial charge on any atom is 0.119 e. The first-order valence-electron chi connectivity index (χ1n) is 8.52. The predicted molar refractivity (Wildman–Crippen MR) is 105 cm³/mol. The highest BCUT2D eigenvalue weighted by Gasteiger charge is 2.01. The summed E-state index contributed by atoms with van der Waals surface area (Å²) in [4.78, 5) is 0. The third kappa shape index (κ3) is 5.97. The molecule has 24 heavy (non-hydrogen) atoms. The fourth-order valence-corrected chi connectivity index (χ4v) is 2.46. The molecule has 2 N–H and O–H groups in total. The lowest BCUT2D eigenvalue weighted by atomic mass is 10.1. The number of nitrogens with one attached hydrogen (secondary N) is 2. The second-order valence-electron chi connectivity index (χ2n) is 6.32. The molecule has 0 amide bonds. The van der Waals surface area contributed by atoms with Crippen LogP contribution in [0, 0.1) is 12.8 Å². The van der Waals surface area contributed by atoms with Crippen molar-refractivity contribution in [1.82, 2.24) is 0 Å². The SMILES string of the molecule is Cc1c(Cl)cccc1NCCNc1ccc(OCCC(C)C)cc1. The molecule has 3 nitrogen and oxygen atoms in total. The maximum atomic E-state index is 6.12. The molecule has 0 aliphatic carbocycles. The first-order valence-corrected chi connectivity index (χ1v) is 8.90. The Bertz CT molecular complexity index is 626. The smallest absolute Gasteiger partial charge is 0.119 e. The Morgan fingerprint density at radius 1 is 1.00 bits per heavy atom. The molecule has 130 valence electrons. The molecule has 0 fully saturated rings. The summed E-state index contributed by atoms with van der Waals surface area (Å²) in [6, 6.07) is 14.0. The van der Waals surface area contributed by atoms with E-state index < -0.39 is 0 Å². The summed E-state index contributed by atoms with van der Waals surface area (Å²) < 4.78 is 5.73. The van der Waals surface area contributed by atoms with Crippen LogP contribution >= 0.6 is 11.6 Å². The summed E-state index contributed by atoms with van der Waals surface area (Å²) in [6.45, 7) is 8.86. The number of rotatable bonds is 9. The standard InChI is InChI=1S/C20H27ClN2O/c1-15(2)11-14-24-18-9-7-17(8-10-18)22-12-13-23-20-6-4-5-19(21)16(20)3/h4-10,15,22-23H,11-14H2,1-3H3. The highest BCUT2D eigenvalue weighted by atomic mass is 35.5. The molecule has 0 aliphatic rings. The molecule has 2 rings (SSSR count). The van der Waals surface area contributed by atoms with Crippen LogP contribution in [0.15, 0.2) is 42.5 Å². The van der Waals surface area contributed by atoms with Gasteiger partial charge in [-0.15, -0.1) is 0 Å². The van der Waals surface area contributed by atoms with Crippen molar-refractivity contribution < 1.29 is 4.74 Å². The number of ether oxygens (including phenoxy) is 1. The third-order valence-electron chi connectivity index (χ3n) is 3.86. The van der Waals surface area contributed by atoms with Gasteiger partial charge >= 0.3 is 0 Å². The summed E-state index contributed by atoms with van der Waals surface area (Å²) in [6.07, 6.45) is 1.08. The Balaban J connectivity index is 1.71. The molecule has 0 aliphatic heterocycles. The van der Waals surface area contributed by atoms with Crippen LogP contribution in [0.25, 0.3) is 0 Å². The van der Waals surface area contributed by atoms with Gasteiger partial charge in [0.2, 0.25) is 0 Å². The average Bonchev–Trinajstić information content (AvgIpc) is 2.56. The summed E-state index contributed by atoms with van der Waals surface area (Å²) in [7, 11) is 0. The average molecular weight is 347 g/mol. The van der Waals surface area contributed by atoms with Crippen molar-refractivity contribution in [2.24, 2.45) is 5.92 Å². The number of anilines is 2. The van der Waals surface area contributed by atoms with E-state index in [1.807, 2.05) is 37.3 Å². The zero-order valence-electron chi connectivity index (χ0n) is 14.7. The Morgan fingerprint density at radius 3 is 2.42 bits per heavy atom. The van der Waals surface area contributed by atoms with E-state index in [2.05, 4.69) is 36.6 Å². The van der Waals surface area contributed by atoms with Crippen LogP contribution in [-0.4, -0.2) is 19.7 Å². The number of hydrogen-bond acceptors (Lipinski definition) is 3. The van der Waals surface area contributed by atoms with Gasteiger partial charge in [-0.3, -0.25) is 0 Å². The van der Waals surface area contributed by atoms with Crippen molar-refractivity contribution in [1.29, 1.82) is 0 Å². The van der Waals surface area contributed by atoms with E-state index in [0.29, 0.717) is 5.92 Å². The van der Waals surface area contributed by atoms with Crippen LogP contribution in [0.4, 0.5) is 11.4 Å². The van der Waals surface area contributed by atoms with Crippen LogP contribution in [0.2, 0.25) is 5.02 Å². The van der Waals surface area contributed by atoms with E-state index in [1.165, 1.54) is 0 Å². The van der Waals surface area contributed by atoms with Crippen LogP contribution in [0.5, 0.6) is 5.75 Å². The Labute approximate surface area is 150 Å². The third-order valence-corrected chi connectivity index (χ3v) is 4.26. The lowest BCUT2D eigenvalue weighted by Gasteiger charge is -2.12. The largest absolute Gasteiger partial charge is 0.494 e. The van der Waals surface area contributed by atoms with Crippen LogP contribution in [0.3, 0.4) is 0 Å². The number of benzene rings is 2. The van der Waals surface area contributed by atoms with E-state index >= 15 is 0 Å². The zero-order valence-corrected chi connectivity index (χ0v) is 15.5. The van der Waals surface area contributed by atoms with E-state index in [0.717, 1.165) is 53.8 Å². The fourth-order valence-electron chi connectivity index (χ4n) is 2.28. The maximum absolute atomic E-state index is 6.12. The zero-order chi connectivity index (χ0) is 17.4. The van der Waals surface area contributed by atoms with Gasteiger partial charge in [-0.05, 0) is 61.2 Å². The molecule has 0 saturated carbocycles. The molecule has 4 heteroatoms. The van der Waals surface area contributed by atoms with Crippen molar-refractivity contribution >= 4 is 23.0 Å². The minimum Gasteiger partial charge on any atom is -0.494 e. The van der Waals surface area contributed by atoms with Gasteiger partial charge < -0.3 is 15.4 Å². The molecule has 0 radical (unpaired) electrons. The predicted octanol–water partition coefficient (Wildman–Crippen LogP) is 5.60. The Hall–Kier alpha value is -1.87. The first kappa shape index (κ1) is 18.5. The fraction of sp³-hybridized carbons (Fsp3) is 0.400. The van der Waals surface area contributed by atoms with Crippen molar-refractivity contribution in [2.75, 3.05) is 30.3 Å². The van der Waals surface area contributed by atoms with Gasteiger partial charge in [0.1, 0.15) is 5.75 Å². The highest BCUT2D eigenvalue weighted by Crippen LogP contribution is 2.22. The summed E-state index contributed by atoms with van der Waals surface area (Å²) in [5, 5.41) is 7.59. The highest BCUT2D eigenvalue weighted by molar-refractivity contribution is 6.31. The molecule has 2 aromatic carbocycles.